The Morgan fingerprint density at radius 1 is 0.863 bits per heavy atom. The van der Waals surface area contributed by atoms with Crippen molar-refractivity contribution in [2.75, 3.05) is 13.1 Å². The lowest BCUT2D eigenvalue weighted by Gasteiger charge is -2.19. The van der Waals surface area contributed by atoms with Crippen molar-refractivity contribution in [1.29, 1.82) is 0 Å². The van der Waals surface area contributed by atoms with E-state index >= 15 is 0 Å². The molecule has 3 aromatic carbocycles. The molecule has 11 nitrogen and oxygen atoms in total. The van der Waals surface area contributed by atoms with E-state index in [1.54, 1.807) is 61.2 Å². The summed E-state index contributed by atoms with van der Waals surface area (Å²) < 4.78 is 13.7. The third-order valence-corrected chi connectivity index (χ3v) is 8.48. The molecule has 0 aliphatic heterocycles. The fourth-order valence-electron chi connectivity index (χ4n) is 5.51. The predicted molar refractivity (Wildman–Crippen MR) is 196 cm³/mol. The maximum atomic E-state index is 13.7. The molecule has 13 heteroatoms. The molecular weight excluding hydrogens is 673 g/mol. The van der Waals surface area contributed by atoms with Gasteiger partial charge in [-0.3, -0.25) is 19.4 Å². The van der Waals surface area contributed by atoms with E-state index in [-0.39, 0.29) is 37.5 Å². The van der Waals surface area contributed by atoms with Crippen molar-refractivity contribution >= 4 is 51.1 Å². The number of amides is 3. The van der Waals surface area contributed by atoms with E-state index in [9.17, 15) is 23.9 Å². The molecule has 0 aliphatic rings. The van der Waals surface area contributed by atoms with E-state index in [4.69, 9.17) is 17.3 Å². The van der Waals surface area contributed by atoms with Crippen LogP contribution in [0.2, 0.25) is 5.02 Å². The van der Waals surface area contributed by atoms with Gasteiger partial charge in [0.15, 0.2) is 0 Å². The standard InChI is InChI=1S/C31H32FN7O4.C7H7Cl/c32-21-1-3-26-23(13-21)19(15-36-26)7-10-35-31(43)28(11-18-5-8-34-9-6-18)39-29(41)17-38-30(42)25(33)12-20-16-37-27-4-2-22(40)14-24(20)27;1-6-2-4-7(8)5-3-6/h1-6,8-9,13-16,25,28,36-37,40H,7,10-12,17,33H2,(H,35,43)(H,38,42)(H,39,41);2-5H,1H3/t25-,28-;/m0./s1. The monoisotopic (exact) mass is 711 g/mol. The van der Waals surface area contributed by atoms with Crippen LogP contribution in [0.25, 0.3) is 21.8 Å². The second kappa shape index (κ2) is 17.3. The fraction of sp³-hybridized carbons (Fsp3) is 0.211. The number of halogens is 2. The number of H-pyrrole nitrogens is 2. The Kier molecular flexibility index (Phi) is 12.4. The molecular formula is C38H39ClFN7O4. The zero-order valence-electron chi connectivity index (χ0n) is 27.9. The number of aromatic hydroxyl groups is 1. The van der Waals surface area contributed by atoms with Crippen molar-refractivity contribution in [3.05, 3.63) is 131 Å². The Morgan fingerprint density at radius 2 is 1.53 bits per heavy atom. The van der Waals surface area contributed by atoms with Crippen molar-refractivity contribution in [1.82, 2.24) is 30.9 Å². The Morgan fingerprint density at radius 3 is 2.24 bits per heavy atom. The first-order chi connectivity index (χ1) is 24.5. The van der Waals surface area contributed by atoms with E-state index in [0.29, 0.717) is 6.42 Å². The SMILES string of the molecule is Cc1ccc(Cl)cc1.N[C@@H](Cc1c[nH]c2ccc(O)cc12)C(=O)NCC(=O)N[C@@H](Cc1ccncc1)C(=O)NCCc1c[nH]c2ccc(F)cc12. The van der Waals surface area contributed by atoms with E-state index in [0.717, 1.165) is 43.5 Å². The number of aromatic nitrogens is 3. The van der Waals surface area contributed by atoms with E-state index in [1.807, 2.05) is 31.2 Å². The molecule has 0 saturated carbocycles. The van der Waals surface area contributed by atoms with Crippen molar-refractivity contribution < 1.29 is 23.9 Å². The average molecular weight is 712 g/mol. The van der Waals surface area contributed by atoms with E-state index in [1.165, 1.54) is 17.7 Å². The molecule has 3 heterocycles. The first-order valence-corrected chi connectivity index (χ1v) is 16.7. The van der Waals surface area contributed by atoms with Gasteiger partial charge in [-0.2, -0.15) is 0 Å². The van der Waals surface area contributed by atoms with Gasteiger partial charge in [0, 0.05) is 64.6 Å². The zero-order valence-corrected chi connectivity index (χ0v) is 28.6. The number of nitrogens with one attached hydrogen (secondary N) is 5. The second-order valence-electron chi connectivity index (χ2n) is 12.1. The maximum Gasteiger partial charge on any atom is 0.242 e. The van der Waals surface area contributed by atoms with Crippen LogP contribution < -0.4 is 21.7 Å². The topological polar surface area (TPSA) is 178 Å². The summed E-state index contributed by atoms with van der Waals surface area (Å²) in [5, 5.41) is 20.2. The summed E-state index contributed by atoms with van der Waals surface area (Å²) in [6, 6.07) is 18.7. The van der Waals surface area contributed by atoms with E-state index < -0.39 is 29.8 Å². The number of aromatic amines is 2. The summed E-state index contributed by atoms with van der Waals surface area (Å²) >= 11 is 5.61. The number of carbonyl (C=O) groups excluding carboxylic acids is 3. The lowest BCUT2D eigenvalue weighted by atomic mass is 10.0. The lowest BCUT2D eigenvalue weighted by Crippen LogP contribution is -2.52. The number of rotatable bonds is 12. The smallest absolute Gasteiger partial charge is 0.242 e. The molecule has 0 aliphatic carbocycles. The first kappa shape index (κ1) is 36.6. The highest BCUT2D eigenvalue weighted by atomic mass is 35.5. The van der Waals surface area contributed by atoms with Crippen LogP contribution in [0.1, 0.15) is 22.3 Å². The number of hydrogen-bond acceptors (Lipinski definition) is 6. The van der Waals surface area contributed by atoms with Gasteiger partial charge in [0.25, 0.3) is 0 Å². The third kappa shape index (κ3) is 10.4. The van der Waals surface area contributed by atoms with Gasteiger partial charge in [-0.15, -0.1) is 0 Å². The molecule has 51 heavy (non-hydrogen) atoms. The molecule has 0 bridgehead atoms. The van der Waals surface area contributed by atoms with E-state index in [2.05, 4.69) is 30.9 Å². The fourth-order valence-corrected chi connectivity index (χ4v) is 5.63. The zero-order chi connectivity index (χ0) is 36.3. The summed E-state index contributed by atoms with van der Waals surface area (Å²) in [4.78, 5) is 48.8. The van der Waals surface area contributed by atoms with Crippen LogP contribution in [-0.4, -0.2) is 63.0 Å². The summed E-state index contributed by atoms with van der Waals surface area (Å²) in [6.45, 7) is 1.93. The van der Waals surface area contributed by atoms with Crippen molar-refractivity contribution in [3.8, 4) is 5.75 Å². The first-order valence-electron chi connectivity index (χ1n) is 16.3. The number of phenolic OH excluding ortho intramolecular Hbond substituents is 1. The molecule has 0 fully saturated rings. The van der Waals surface area contributed by atoms with Gasteiger partial charge < -0.3 is 36.8 Å². The molecule has 0 radical (unpaired) electrons. The molecule has 3 aromatic heterocycles. The highest BCUT2D eigenvalue weighted by Crippen LogP contribution is 2.24. The largest absolute Gasteiger partial charge is 0.508 e. The highest BCUT2D eigenvalue weighted by molar-refractivity contribution is 6.30. The number of aryl methyl sites for hydroxylation is 1. The number of nitrogens with two attached hydrogens (primary N) is 1. The molecule has 0 saturated heterocycles. The summed E-state index contributed by atoms with van der Waals surface area (Å²) in [5.74, 6) is -1.74. The number of pyridine rings is 1. The minimum Gasteiger partial charge on any atom is -0.508 e. The predicted octanol–water partition coefficient (Wildman–Crippen LogP) is 4.61. The van der Waals surface area contributed by atoms with Crippen LogP contribution in [0.15, 0.2) is 97.6 Å². The van der Waals surface area contributed by atoms with Crippen LogP contribution in [-0.2, 0) is 33.6 Å². The number of carbonyl (C=O) groups is 3. The number of hydrogen-bond donors (Lipinski definition) is 7. The lowest BCUT2D eigenvalue weighted by molar-refractivity contribution is -0.130. The number of fused-ring (bicyclic) bond motifs is 2. The van der Waals surface area contributed by atoms with Crippen LogP contribution >= 0.6 is 11.6 Å². The van der Waals surface area contributed by atoms with Gasteiger partial charge >= 0.3 is 0 Å². The number of benzene rings is 3. The minimum atomic E-state index is -0.942. The van der Waals surface area contributed by atoms with Crippen molar-refractivity contribution in [2.24, 2.45) is 5.73 Å². The number of nitrogens with zero attached hydrogens (tertiary/aromatic N) is 1. The van der Waals surface area contributed by atoms with Crippen LogP contribution in [0.5, 0.6) is 5.75 Å². The molecule has 0 unspecified atom stereocenters. The van der Waals surface area contributed by atoms with Gasteiger partial charge in [-0.05, 0) is 97.1 Å². The van der Waals surface area contributed by atoms with Gasteiger partial charge in [-0.1, -0.05) is 29.3 Å². The Bertz CT molecular complexity index is 2080. The Labute approximate surface area is 298 Å². The van der Waals surface area contributed by atoms with Gasteiger partial charge in [0.05, 0.1) is 12.6 Å². The average Bonchev–Trinajstić information content (AvgIpc) is 3.71. The maximum absolute atomic E-state index is 13.7. The Hall–Kier alpha value is -5.72. The van der Waals surface area contributed by atoms with Crippen molar-refractivity contribution in [2.45, 2.75) is 38.3 Å². The molecule has 264 valence electrons. The summed E-state index contributed by atoms with van der Waals surface area (Å²) in [6.07, 6.45) is 7.55. The third-order valence-electron chi connectivity index (χ3n) is 8.23. The van der Waals surface area contributed by atoms with Crippen LogP contribution in [0, 0.1) is 12.7 Å². The number of phenols is 1. The van der Waals surface area contributed by atoms with Crippen LogP contribution in [0.4, 0.5) is 4.39 Å². The Balaban J connectivity index is 0.000000556. The van der Waals surface area contributed by atoms with Gasteiger partial charge in [0.1, 0.15) is 17.6 Å². The quantitative estimate of drug-likeness (QED) is 0.0975. The molecule has 2 atom stereocenters. The summed E-state index contributed by atoms with van der Waals surface area (Å²) in [7, 11) is 0. The highest BCUT2D eigenvalue weighted by Gasteiger charge is 2.23. The summed E-state index contributed by atoms with van der Waals surface area (Å²) in [5.41, 5.74) is 11.3. The van der Waals surface area contributed by atoms with Crippen LogP contribution in [0.3, 0.4) is 0 Å². The molecule has 6 rings (SSSR count). The molecule has 8 N–H and O–H groups in total. The van der Waals surface area contributed by atoms with Gasteiger partial charge in [0.2, 0.25) is 17.7 Å². The minimum absolute atomic E-state index is 0.0988. The normalized spacial score (nSPS) is 12.1. The molecule has 3 amide bonds. The molecule has 6 aromatic rings. The van der Waals surface area contributed by atoms with Crippen molar-refractivity contribution in [3.63, 3.8) is 0 Å². The van der Waals surface area contributed by atoms with Gasteiger partial charge in [-0.25, -0.2) is 4.39 Å². The second-order valence-corrected chi connectivity index (χ2v) is 12.5. The molecule has 0 spiro atoms.